The highest BCUT2D eigenvalue weighted by Gasteiger charge is 2.32. The SMILES string of the molecule is O=C(C1CC(O)CN1)N1CCCCO1. The van der Waals surface area contributed by atoms with Gasteiger partial charge in [-0.15, -0.1) is 0 Å². The third-order valence-electron chi connectivity index (χ3n) is 2.65. The minimum Gasteiger partial charge on any atom is -0.392 e. The van der Waals surface area contributed by atoms with Crippen LogP contribution in [0.25, 0.3) is 0 Å². The molecule has 2 aliphatic rings. The maximum absolute atomic E-state index is 11.8. The van der Waals surface area contributed by atoms with Crippen molar-refractivity contribution in [2.45, 2.75) is 31.4 Å². The lowest BCUT2D eigenvalue weighted by molar-refractivity contribution is -0.198. The van der Waals surface area contributed by atoms with E-state index in [0.717, 1.165) is 12.8 Å². The number of hydrogen-bond donors (Lipinski definition) is 2. The molecule has 0 aromatic heterocycles. The van der Waals surface area contributed by atoms with Crippen LogP contribution < -0.4 is 5.32 Å². The Balaban J connectivity index is 1.87. The fourth-order valence-corrected chi connectivity index (χ4v) is 1.85. The summed E-state index contributed by atoms with van der Waals surface area (Å²) < 4.78 is 0. The average Bonchev–Trinajstić information content (AvgIpc) is 2.65. The Bertz CT molecular complexity index is 209. The van der Waals surface area contributed by atoms with Crippen molar-refractivity contribution in [1.29, 1.82) is 0 Å². The van der Waals surface area contributed by atoms with Gasteiger partial charge in [-0.2, -0.15) is 0 Å². The first-order valence-corrected chi connectivity index (χ1v) is 5.13. The van der Waals surface area contributed by atoms with Crippen molar-refractivity contribution in [3.05, 3.63) is 0 Å². The molecule has 0 aliphatic carbocycles. The molecule has 2 atom stereocenters. The van der Waals surface area contributed by atoms with E-state index >= 15 is 0 Å². The molecule has 0 bridgehead atoms. The molecule has 5 heteroatoms. The van der Waals surface area contributed by atoms with E-state index in [1.165, 1.54) is 5.06 Å². The van der Waals surface area contributed by atoms with Crippen LogP contribution in [-0.2, 0) is 9.63 Å². The standard InChI is InChI=1S/C9H16N2O3/c12-7-5-8(10-6-7)9(13)11-3-1-2-4-14-11/h7-8,10,12H,1-6H2. The van der Waals surface area contributed by atoms with E-state index in [1.54, 1.807) is 0 Å². The number of carbonyl (C=O) groups is 1. The van der Waals surface area contributed by atoms with Crippen LogP contribution in [0.4, 0.5) is 0 Å². The Morgan fingerprint density at radius 2 is 2.36 bits per heavy atom. The highest BCUT2D eigenvalue weighted by Crippen LogP contribution is 2.13. The van der Waals surface area contributed by atoms with E-state index in [4.69, 9.17) is 4.84 Å². The lowest BCUT2D eigenvalue weighted by Crippen LogP contribution is -2.45. The van der Waals surface area contributed by atoms with E-state index in [2.05, 4.69) is 5.32 Å². The zero-order valence-electron chi connectivity index (χ0n) is 8.11. The molecule has 0 spiro atoms. The zero-order chi connectivity index (χ0) is 9.97. The van der Waals surface area contributed by atoms with E-state index in [0.29, 0.717) is 26.1 Å². The average molecular weight is 200 g/mol. The van der Waals surface area contributed by atoms with E-state index in [-0.39, 0.29) is 11.9 Å². The Morgan fingerprint density at radius 3 is 2.93 bits per heavy atom. The minimum absolute atomic E-state index is 0.0405. The van der Waals surface area contributed by atoms with Crippen molar-refractivity contribution >= 4 is 5.91 Å². The van der Waals surface area contributed by atoms with Crippen molar-refractivity contribution in [2.24, 2.45) is 0 Å². The van der Waals surface area contributed by atoms with Gasteiger partial charge in [0.25, 0.3) is 5.91 Å². The van der Waals surface area contributed by atoms with Crippen molar-refractivity contribution in [2.75, 3.05) is 19.7 Å². The maximum Gasteiger partial charge on any atom is 0.263 e. The smallest absolute Gasteiger partial charge is 0.263 e. The topological polar surface area (TPSA) is 61.8 Å². The number of nitrogens with zero attached hydrogens (tertiary/aromatic N) is 1. The van der Waals surface area contributed by atoms with Gasteiger partial charge in [-0.05, 0) is 19.3 Å². The first-order chi connectivity index (χ1) is 6.77. The number of hydroxylamine groups is 2. The summed E-state index contributed by atoms with van der Waals surface area (Å²) in [6.45, 7) is 1.80. The molecule has 2 N–H and O–H groups in total. The maximum atomic E-state index is 11.8. The molecule has 2 saturated heterocycles. The highest BCUT2D eigenvalue weighted by atomic mass is 16.7. The molecular weight excluding hydrogens is 184 g/mol. The summed E-state index contributed by atoms with van der Waals surface area (Å²) in [6.07, 6.45) is 2.12. The van der Waals surface area contributed by atoms with Crippen LogP contribution in [0.2, 0.25) is 0 Å². The summed E-state index contributed by atoms with van der Waals surface area (Å²) in [5.74, 6) is -0.0405. The molecule has 2 unspecified atom stereocenters. The van der Waals surface area contributed by atoms with Crippen molar-refractivity contribution in [1.82, 2.24) is 10.4 Å². The predicted octanol–water partition coefficient (Wildman–Crippen LogP) is -0.737. The molecule has 5 nitrogen and oxygen atoms in total. The van der Waals surface area contributed by atoms with Crippen LogP contribution in [0.15, 0.2) is 0 Å². The van der Waals surface area contributed by atoms with Crippen molar-refractivity contribution < 1.29 is 14.7 Å². The molecule has 2 fully saturated rings. The summed E-state index contributed by atoms with van der Waals surface area (Å²) >= 11 is 0. The third kappa shape index (κ3) is 2.05. The monoisotopic (exact) mass is 200 g/mol. The van der Waals surface area contributed by atoms with E-state index in [9.17, 15) is 9.90 Å². The summed E-state index contributed by atoms with van der Waals surface area (Å²) in [6, 6.07) is -0.261. The quantitative estimate of drug-likeness (QED) is 0.585. The van der Waals surface area contributed by atoms with Crippen LogP contribution in [0, 0.1) is 0 Å². The molecule has 0 aromatic carbocycles. The van der Waals surface area contributed by atoms with Crippen LogP contribution in [-0.4, -0.2) is 47.9 Å². The lowest BCUT2D eigenvalue weighted by Gasteiger charge is -2.28. The number of rotatable bonds is 1. The first-order valence-electron chi connectivity index (χ1n) is 5.13. The molecule has 0 saturated carbocycles. The molecule has 14 heavy (non-hydrogen) atoms. The van der Waals surface area contributed by atoms with Gasteiger partial charge in [-0.3, -0.25) is 9.63 Å². The number of nitrogens with one attached hydrogen (secondary N) is 1. The van der Waals surface area contributed by atoms with Gasteiger partial charge in [-0.25, -0.2) is 5.06 Å². The predicted molar refractivity (Wildman–Crippen MR) is 49.3 cm³/mol. The van der Waals surface area contributed by atoms with Gasteiger partial charge < -0.3 is 10.4 Å². The Hall–Kier alpha value is -0.650. The Labute approximate surface area is 83.0 Å². The van der Waals surface area contributed by atoms with Crippen LogP contribution in [0.3, 0.4) is 0 Å². The number of β-amino-alcohol motifs (C(OH)–C–C–N with tert-alkyl or cyclic N) is 1. The molecule has 2 rings (SSSR count). The van der Waals surface area contributed by atoms with Gasteiger partial charge in [0.2, 0.25) is 0 Å². The van der Waals surface area contributed by atoms with Crippen LogP contribution in [0.1, 0.15) is 19.3 Å². The van der Waals surface area contributed by atoms with Gasteiger partial charge in [0.05, 0.1) is 18.8 Å². The normalized spacial score (nSPS) is 33.4. The summed E-state index contributed by atoms with van der Waals surface area (Å²) in [4.78, 5) is 17.0. The molecule has 0 aromatic rings. The number of aliphatic hydroxyl groups excluding tert-OH is 1. The summed E-state index contributed by atoms with van der Waals surface area (Å²) in [7, 11) is 0. The van der Waals surface area contributed by atoms with Gasteiger partial charge in [-0.1, -0.05) is 0 Å². The van der Waals surface area contributed by atoms with Gasteiger partial charge in [0.15, 0.2) is 0 Å². The van der Waals surface area contributed by atoms with Crippen LogP contribution in [0.5, 0.6) is 0 Å². The largest absolute Gasteiger partial charge is 0.392 e. The second-order valence-corrected chi connectivity index (χ2v) is 3.83. The molecule has 2 heterocycles. The third-order valence-corrected chi connectivity index (χ3v) is 2.65. The fourth-order valence-electron chi connectivity index (χ4n) is 1.85. The second kappa shape index (κ2) is 4.25. The lowest BCUT2D eigenvalue weighted by atomic mass is 10.2. The number of hydrogen-bond acceptors (Lipinski definition) is 4. The molecular formula is C9H16N2O3. The number of amides is 1. The van der Waals surface area contributed by atoms with E-state index in [1.807, 2.05) is 0 Å². The van der Waals surface area contributed by atoms with Crippen LogP contribution >= 0.6 is 0 Å². The Kier molecular flexibility index (Phi) is 3.00. The molecule has 80 valence electrons. The summed E-state index contributed by atoms with van der Waals surface area (Å²) in [5.41, 5.74) is 0. The van der Waals surface area contributed by atoms with E-state index < -0.39 is 6.10 Å². The molecule has 1 amide bonds. The van der Waals surface area contributed by atoms with Gasteiger partial charge in [0, 0.05) is 13.1 Å². The second-order valence-electron chi connectivity index (χ2n) is 3.83. The number of aliphatic hydroxyl groups is 1. The highest BCUT2D eigenvalue weighted by molar-refractivity contribution is 5.81. The zero-order valence-corrected chi connectivity index (χ0v) is 8.11. The Morgan fingerprint density at radius 1 is 1.50 bits per heavy atom. The minimum atomic E-state index is -0.395. The molecule has 0 radical (unpaired) electrons. The van der Waals surface area contributed by atoms with Gasteiger partial charge >= 0.3 is 0 Å². The molecule has 2 aliphatic heterocycles. The fraction of sp³-hybridized carbons (Fsp3) is 0.889. The van der Waals surface area contributed by atoms with Crippen molar-refractivity contribution in [3.63, 3.8) is 0 Å². The van der Waals surface area contributed by atoms with Crippen molar-refractivity contribution in [3.8, 4) is 0 Å². The van der Waals surface area contributed by atoms with Gasteiger partial charge in [0.1, 0.15) is 0 Å². The summed E-state index contributed by atoms with van der Waals surface area (Å²) in [5, 5.41) is 13.7. The first kappa shape index (κ1) is 9.89. The number of carbonyl (C=O) groups excluding carboxylic acids is 1.